The quantitative estimate of drug-likeness (QED) is 0.496. The molecule has 4 rings (SSSR count). The number of rotatable bonds is 8. The molecule has 2 aromatic carbocycles. The van der Waals surface area contributed by atoms with Gasteiger partial charge in [-0.3, -0.25) is 9.69 Å². The fourth-order valence-corrected chi connectivity index (χ4v) is 4.59. The largest absolute Gasteiger partial charge is 0.423 e. The minimum absolute atomic E-state index is 0.158. The number of halogens is 1. The molecule has 1 aromatic heterocycles. The number of para-hydroxylation sites is 1. The number of hydrogen-bond acceptors (Lipinski definition) is 5. The molecule has 1 fully saturated rings. The third-order valence-corrected chi connectivity index (χ3v) is 6.48. The van der Waals surface area contributed by atoms with Gasteiger partial charge in [0, 0.05) is 32.5 Å². The van der Waals surface area contributed by atoms with Crippen LogP contribution in [-0.2, 0) is 23.2 Å². The van der Waals surface area contributed by atoms with E-state index in [0.717, 1.165) is 26.1 Å². The van der Waals surface area contributed by atoms with Gasteiger partial charge in [0.15, 0.2) is 0 Å². The molecule has 1 aliphatic rings. The van der Waals surface area contributed by atoms with Crippen molar-refractivity contribution < 1.29 is 13.6 Å². The van der Waals surface area contributed by atoms with Crippen LogP contribution < -0.4 is 4.90 Å². The highest BCUT2D eigenvalue weighted by molar-refractivity contribution is 5.94. The molecule has 0 saturated carbocycles. The SMILES string of the molecule is CCC(=O)N(c1ccccc1F)C1(c2nnc(CC)o2)CCN(CCc2ccccc2)CC1. The van der Waals surface area contributed by atoms with Crippen LogP contribution in [0.1, 0.15) is 50.5 Å². The molecule has 0 unspecified atom stereocenters. The van der Waals surface area contributed by atoms with E-state index < -0.39 is 11.4 Å². The molecule has 0 spiro atoms. The average Bonchev–Trinajstić information content (AvgIpc) is 3.35. The summed E-state index contributed by atoms with van der Waals surface area (Å²) in [5.74, 6) is 0.329. The van der Waals surface area contributed by atoms with Crippen LogP contribution in [0.3, 0.4) is 0 Å². The topological polar surface area (TPSA) is 62.5 Å². The van der Waals surface area contributed by atoms with Crippen LogP contribution in [0.15, 0.2) is 59.0 Å². The lowest BCUT2D eigenvalue weighted by molar-refractivity contribution is -0.120. The van der Waals surface area contributed by atoms with E-state index in [9.17, 15) is 9.18 Å². The highest BCUT2D eigenvalue weighted by Crippen LogP contribution is 2.42. The van der Waals surface area contributed by atoms with Crippen molar-refractivity contribution in [3.05, 3.63) is 77.8 Å². The normalized spacial score (nSPS) is 16.0. The number of nitrogens with zero attached hydrogens (tertiary/aromatic N) is 4. The minimum Gasteiger partial charge on any atom is -0.423 e. The number of carbonyl (C=O) groups excluding carboxylic acids is 1. The Balaban J connectivity index is 1.65. The van der Waals surface area contributed by atoms with Crippen molar-refractivity contribution in [3.8, 4) is 0 Å². The summed E-state index contributed by atoms with van der Waals surface area (Å²) in [6.45, 7) is 6.16. The van der Waals surface area contributed by atoms with E-state index in [-0.39, 0.29) is 18.0 Å². The van der Waals surface area contributed by atoms with Gasteiger partial charge in [0.1, 0.15) is 11.4 Å². The van der Waals surface area contributed by atoms with Crippen LogP contribution in [0.2, 0.25) is 0 Å². The van der Waals surface area contributed by atoms with Gasteiger partial charge in [-0.2, -0.15) is 0 Å². The second kappa shape index (κ2) is 10.3. The molecule has 1 amide bonds. The Morgan fingerprint density at radius 1 is 1.06 bits per heavy atom. The van der Waals surface area contributed by atoms with Gasteiger partial charge < -0.3 is 9.32 Å². The first-order chi connectivity index (χ1) is 16.1. The van der Waals surface area contributed by atoms with Gasteiger partial charge in [-0.25, -0.2) is 4.39 Å². The van der Waals surface area contributed by atoms with E-state index >= 15 is 0 Å². The third-order valence-electron chi connectivity index (χ3n) is 6.48. The summed E-state index contributed by atoms with van der Waals surface area (Å²) in [7, 11) is 0. The third kappa shape index (κ3) is 4.83. The monoisotopic (exact) mass is 450 g/mol. The number of amides is 1. The Hall–Kier alpha value is -3.06. The van der Waals surface area contributed by atoms with Crippen LogP contribution in [-0.4, -0.2) is 40.6 Å². The van der Waals surface area contributed by atoms with Crippen LogP contribution in [0.4, 0.5) is 10.1 Å². The van der Waals surface area contributed by atoms with Gasteiger partial charge >= 0.3 is 0 Å². The molecule has 0 atom stereocenters. The molecule has 174 valence electrons. The molecule has 3 aromatic rings. The molecule has 0 bridgehead atoms. The molecule has 0 aliphatic carbocycles. The van der Waals surface area contributed by atoms with Gasteiger partial charge in [-0.15, -0.1) is 10.2 Å². The summed E-state index contributed by atoms with van der Waals surface area (Å²) < 4.78 is 21.0. The summed E-state index contributed by atoms with van der Waals surface area (Å²) in [6.07, 6.45) is 3.00. The lowest BCUT2D eigenvalue weighted by Crippen LogP contribution is -2.56. The maximum absolute atomic E-state index is 15.0. The van der Waals surface area contributed by atoms with Crippen molar-refractivity contribution in [2.45, 2.75) is 51.5 Å². The molecule has 1 saturated heterocycles. The Bertz CT molecular complexity index is 1060. The van der Waals surface area contributed by atoms with Crippen molar-refractivity contribution in [3.63, 3.8) is 0 Å². The Morgan fingerprint density at radius 2 is 1.76 bits per heavy atom. The predicted octanol–water partition coefficient (Wildman–Crippen LogP) is 4.75. The van der Waals surface area contributed by atoms with E-state index in [1.54, 1.807) is 30.0 Å². The van der Waals surface area contributed by atoms with Crippen molar-refractivity contribution in [1.82, 2.24) is 15.1 Å². The number of likely N-dealkylation sites (tertiary alicyclic amines) is 1. The summed E-state index contributed by atoms with van der Waals surface area (Å²) in [5.41, 5.74) is 0.685. The molecule has 7 heteroatoms. The number of benzene rings is 2. The lowest BCUT2D eigenvalue weighted by Gasteiger charge is -2.46. The average molecular weight is 451 g/mol. The van der Waals surface area contributed by atoms with Crippen molar-refractivity contribution in [2.75, 3.05) is 24.5 Å². The van der Waals surface area contributed by atoms with Crippen molar-refractivity contribution in [1.29, 1.82) is 0 Å². The van der Waals surface area contributed by atoms with E-state index in [1.165, 1.54) is 11.6 Å². The molecular weight excluding hydrogens is 419 g/mol. The fraction of sp³-hybridized carbons (Fsp3) is 0.423. The van der Waals surface area contributed by atoms with Crippen LogP contribution >= 0.6 is 0 Å². The van der Waals surface area contributed by atoms with Crippen LogP contribution in [0.25, 0.3) is 0 Å². The predicted molar refractivity (Wildman–Crippen MR) is 125 cm³/mol. The summed E-state index contributed by atoms with van der Waals surface area (Å²) in [5, 5.41) is 8.51. The standard InChI is InChI=1S/C26H31FN4O2/c1-3-23-28-29-25(33-23)26(31(24(32)4-2)22-13-9-8-12-21(22)27)15-18-30(19-16-26)17-14-20-10-6-5-7-11-20/h5-13H,3-4,14-19H2,1-2H3. The van der Waals surface area contributed by atoms with E-state index in [2.05, 4.69) is 39.4 Å². The lowest BCUT2D eigenvalue weighted by atomic mass is 9.84. The number of aryl methyl sites for hydroxylation is 1. The first kappa shape index (κ1) is 23.1. The first-order valence-corrected chi connectivity index (χ1v) is 11.7. The van der Waals surface area contributed by atoms with E-state index in [4.69, 9.17) is 4.42 Å². The maximum atomic E-state index is 15.0. The molecule has 1 aliphatic heterocycles. The number of aromatic nitrogens is 2. The van der Waals surface area contributed by atoms with E-state index in [0.29, 0.717) is 31.0 Å². The molecular formula is C26H31FN4O2. The fourth-order valence-electron chi connectivity index (χ4n) is 4.59. The number of piperidine rings is 1. The highest BCUT2D eigenvalue weighted by Gasteiger charge is 2.49. The van der Waals surface area contributed by atoms with Gasteiger partial charge in [-0.05, 0) is 37.0 Å². The Kier molecular flexibility index (Phi) is 7.18. The number of anilines is 1. The van der Waals surface area contributed by atoms with Crippen LogP contribution in [0.5, 0.6) is 0 Å². The number of hydrogen-bond donors (Lipinski definition) is 0. The zero-order chi connectivity index (χ0) is 23.3. The zero-order valence-electron chi connectivity index (χ0n) is 19.3. The zero-order valence-corrected chi connectivity index (χ0v) is 19.3. The summed E-state index contributed by atoms with van der Waals surface area (Å²) in [4.78, 5) is 17.2. The summed E-state index contributed by atoms with van der Waals surface area (Å²) in [6, 6.07) is 16.8. The highest BCUT2D eigenvalue weighted by atomic mass is 19.1. The van der Waals surface area contributed by atoms with Gasteiger partial charge in [0.25, 0.3) is 0 Å². The second-order valence-corrected chi connectivity index (χ2v) is 8.50. The Morgan fingerprint density at radius 3 is 2.39 bits per heavy atom. The van der Waals surface area contributed by atoms with Crippen LogP contribution in [0, 0.1) is 5.82 Å². The molecule has 2 heterocycles. The van der Waals surface area contributed by atoms with Gasteiger partial charge in [0.05, 0.1) is 5.69 Å². The molecule has 6 nitrogen and oxygen atoms in total. The van der Waals surface area contributed by atoms with Crippen molar-refractivity contribution in [2.24, 2.45) is 0 Å². The molecule has 33 heavy (non-hydrogen) atoms. The smallest absolute Gasteiger partial charge is 0.242 e. The Labute approximate surface area is 194 Å². The number of carbonyl (C=O) groups is 1. The maximum Gasteiger partial charge on any atom is 0.242 e. The first-order valence-electron chi connectivity index (χ1n) is 11.7. The molecule has 0 N–H and O–H groups in total. The molecule has 0 radical (unpaired) electrons. The summed E-state index contributed by atoms with van der Waals surface area (Å²) >= 11 is 0. The second-order valence-electron chi connectivity index (χ2n) is 8.50. The van der Waals surface area contributed by atoms with Gasteiger partial charge in [0.2, 0.25) is 17.7 Å². The van der Waals surface area contributed by atoms with E-state index in [1.807, 2.05) is 13.0 Å². The minimum atomic E-state index is -0.876. The van der Waals surface area contributed by atoms with Gasteiger partial charge in [-0.1, -0.05) is 56.3 Å². The van der Waals surface area contributed by atoms with Crippen molar-refractivity contribution >= 4 is 11.6 Å².